The minimum Gasteiger partial charge on any atom is -0.297 e. The third-order valence-electron chi connectivity index (χ3n) is 3.53. The predicted molar refractivity (Wildman–Crippen MR) is 74.3 cm³/mol. The number of imidazole rings is 1. The summed E-state index contributed by atoms with van der Waals surface area (Å²) in [5.74, 6) is 3.31. The normalized spacial score (nSPS) is 17.1. The third kappa shape index (κ3) is 2.29. The van der Waals surface area contributed by atoms with Crippen molar-refractivity contribution in [3.63, 3.8) is 0 Å². The van der Waals surface area contributed by atoms with E-state index >= 15 is 0 Å². The van der Waals surface area contributed by atoms with Gasteiger partial charge in [-0.2, -0.15) is 11.8 Å². The number of fused-ring (bicyclic) bond motifs is 1. The Morgan fingerprint density at radius 3 is 3.00 bits per heavy atom. The Hall–Kier alpha value is -1.29. The SMILES string of the molecule is O=Cc1cccc2nc(CC3CCSCC3)cn12. The molecule has 1 fully saturated rings. The Morgan fingerprint density at radius 1 is 1.39 bits per heavy atom. The van der Waals surface area contributed by atoms with E-state index in [0.717, 1.165) is 30.0 Å². The zero-order chi connectivity index (χ0) is 12.4. The summed E-state index contributed by atoms with van der Waals surface area (Å²) in [4.78, 5) is 15.6. The number of carbonyl (C=O) groups excluding carboxylic acids is 1. The van der Waals surface area contributed by atoms with Crippen LogP contribution in [-0.4, -0.2) is 27.2 Å². The highest BCUT2D eigenvalue weighted by atomic mass is 32.2. The fourth-order valence-electron chi connectivity index (χ4n) is 2.52. The molecule has 1 aliphatic rings. The summed E-state index contributed by atoms with van der Waals surface area (Å²) < 4.78 is 1.89. The zero-order valence-electron chi connectivity index (χ0n) is 10.2. The van der Waals surface area contributed by atoms with Gasteiger partial charge in [0.25, 0.3) is 0 Å². The summed E-state index contributed by atoms with van der Waals surface area (Å²) in [6, 6.07) is 5.66. The average molecular weight is 260 g/mol. The van der Waals surface area contributed by atoms with Crippen molar-refractivity contribution in [1.29, 1.82) is 0 Å². The molecule has 18 heavy (non-hydrogen) atoms. The first-order chi connectivity index (χ1) is 8.86. The molecule has 1 aliphatic heterocycles. The van der Waals surface area contributed by atoms with Gasteiger partial charge in [-0.05, 0) is 48.8 Å². The standard InChI is InChI=1S/C14H16N2OS/c17-10-13-2-1-3-14-15-12(9-16(13)14)8-11-4-6-18-7-5-11/h1-3,9-11H,4-8H2. The molecule has 3 heterocycles. The molecule has 1 saturated heterocycles. The second kappa shape index (κ2) is 5.14. The topological polar surface area (TPSA) is 34.4 Å². The van der Waals surface area contributed by atoms with Gasteiger partial charge in [-0.1, -0.05) is 6.07 Å². The molecule has 4 heteroatoms. The van der Waals surface area contributed by atoms with Gasteiger partial charge in [-0.25, -0.2) is 4.98 Å². The smallest absolute Gasteiger partial charge is 0.166 e. The molecule has 0 radical (unpaired) electrons. The molecule has 0 unspecified atom stereocenters. The third-order valence-corrected chi connectivity index (χ3v) is 4.58. The summed E-state index contributed by atoms with van der Waals surface area (Å²) in [7, 11) is 0. The number of pyridine rings is 1. The highest BCUT2D eigenvalue weighted by Crippen LogP contribution is 2.25. The van der Waals surface area contributed by atoms with Gasteiger partial charge in [0.15, 0.2) is 6.29 Å². The molecule has 94 valence electrons. The van der Waals surface area contributed by atoms with Crippen LogP contribution in [0.2, 0.25) is 0 Å². The predicted octanol–water partition coefficient (Wildman–Crippen LogP) is 2.83. The molecule has 0 amide bonds. The van der Waals surface area contributed by atoms with Gasteiger partial charge >= 0.3 is 0 Å². The first-order valence-corrected chi connectivity index (χ1v) is 7.52. The molecule has 0 spiro atoms. The van der Waals surface area contributed by atoms with Gasteiger partial charge in [-0.3, -0.25) is 9.20 Å². The van der Waals surface area contributed by atoms with E-state index in [9.17, 15) is 4.79 Å². The van der Waals surface area contributed by atoms with Gasteiger partial charge in [0.2, 0.25) is 0 Å². The van der Waals surface area contributed by atoms with Crippen molar-refractivity contribution in [2.45, 2.75) is 19.3 Å². The molecule has 2 aromatic rings. The van der Waals surface area contributed by atoms with Crippen molar-refractivity contribution >= 4 is 23.7 Å². The van der Waals surface area contributed by atoms with Gasteiger partial charge in [-0.15, -0.1) is 0 Å². The van der Waals surface area contributed by atoms with Crippen LogP contribution in [0, 0.1) is 5.92 Å². The van der Waals surface area contributed by atoms with Crippen LogP contribution in [0.4, 0.5) is 0 Å². The molecule has 0 bridgehead atoms. The maximum absolute atomic E-state index is 11.0. The van der Waals surface area contributed by atoms with E-state index in [2.05, 4.69) is 4.98 Å². The van der Waals surface area contributed by atoms with E-state index in [1.807, 2.05) is 40.6 Å². The molecule has 0 atom stereocenters. The largest absolute Gasteiger partial charge is 0.297 e. The summed E-state index contributed by atoms with van der Waals surface area (Å²) in [5, 5.41) is 0. The van der Waals surface area contributed by atoms with Crippen LogP contribution in [0.5, 0.6) is 0 Å². The number of carbonyl (C=O) groups is 1. The van der Waals surface area contributed by atoms with E-state index in [-0.39, 0.29) is 0 Å². The summed E-state index contributed by atoms with van der Waals surface area (Å²) in [6.45, 7) is 0. The van der Waals surface area contributed by atoms with Crippen LogP contribution >= 0.6 is 11.8 Å². The highest BCUT2D eigenvalue weighted by Gasteiger charge is 2.16. The highest BCUT2D eigenvalue weighted by molar-refractivity contribution is 7.99. The van der Waals surface area contributed by atoms with Crippen molar-refractivity contribution in [3.8, 4) is 0 Å². The molecule has 0 aromatic carbocycles. The number of hydrogen-bond acceptors (Lipinski definition) is 3. The fourth-order valence-corrected chi connectivity index (χ4v) is 3.73. The molecule has 2 aromatic heterocycles. The van der Waals surface area contributed by atoms with Crippen LogP contribution in [0.1, 0.15) is 29.0 Å². The number of thioether (sulfide) groups is 1. The summed E-state index contributed by atoms with van der Waals surface area (Å²) in [6.07, 6.45) is 6.52. The zero-order valence-corrected chi connectivity index (χ0v) is 11.0. The van der Waals surface area contributed by atoms with Crippen molar-refractivity contribution in [1.82, 2.24) is 9.38 Å². The molecule has 3 rings (SSSR count). The number of aromatic nitrogens is 2. The van der Waals surface area contributed by atoms with Crippen LogP contribution in [-0.2, 0) is 6.42 Å². The maximum atomic E-state index is 11.0. The van der Waals surface area contributed by atoms with Crippen molar-refractivity contribution < 1.29 is 4.79 Å². The number of aldehydes is 1. The Labute approximate surface area is 111 Å². The minimum atomic E-state index is 0.672. The van der Waals surface area contributed by atoms with E-state index in [4.69, 9.17) is 0 Å². The van der Waals surface area contributed by atoms with Crippen molar-refractivity contribution in [3.05, 3.63) is 35.8 Å². The Kier molecular flexibility index (Phi) is 3.37. The second-order valence-electron chi connectivity index (χ2n) is 4.79. The monoisotopic (exact) mass is 260 g/mol. The van der Waals surface area contributed by atoms with E-state index in [1.165, 1.54) is 24.3 Å². The van der Waals surface area contributed by atoms with Gasteiger partial charge in [0.05, 0.1) is 11.4 Å². The van der Waals surface area contributed by atoms with Gasteiger partial charge in [0.1, 0.15) is 5.65 Å². The van der Waals surface area contributed by atoms with Crippen LogP contribution < -0.4 is 0 Å². The summed E-state index contributed by atoms with van der Waals surface area (Å²) in [5.41, 5.74) is 2.66. The molecule has 0 N–H and O–H groups in total. The first-order valence-electron chi connectivity index (χ1n) is 6.37. The lowest BCUT2D eigenvalue weighted by Crippen LogP contribution is -2.12. The van der Waals surface area contributed by atoms with Gasteiger partial charge in [0, 0.05) is 6.20 Å². The molecule has 0 saturated carbocycles. The fraction of sp³-hybridized carbons (Fsp3) is 0.429. The lowest BCUT2D eigenvalue weighted by molar-refractivity contribution is 0.111. The molecular weight excluding hydrogens is 244 g/mol. The Balaban J connectivity index is 1.86. The number of hydrogen-bond donors (Lipinski definition) is 0. The lowest BCUT2D eigenvalue weighted by atomic mass is 9.97. The van der Waals surface area contributed by atoms with Crippen molar-refractivity contribution in [2.24, 2.45) is 5.92 Å². The van der Waals surface area contributed by atoms with Crippen molar-refractivity contribution in [2.75, 3.05) is 11.5 Å². The summed E-state index contributed by atoms with van der Waals surface area (Å²) >= 11 is 2.05. The van der Waals surface area contributed by atoms with E-state index in [1.54, 1.807) is 0 Å². The van der Waals surface area contributed by atoms with E-state index < -0.39 is 0 Å². The maximum Gasteiger partial charge on any atom is 0.166 e. The number of nitrogens with zero attached hydrogens (tertiary/aromatic N) is 2. The number of rotatable bonds is 3. The van der Waals surface area contributed by atoms with Crippen LogP contribution in [0.15, 0.2) is 24.4 Å². The lowest BCUT2D eigenvalue weighted by Gasteiger charge is -2.19. The first kappa shape index (κ1) is 11.8. The average Bonchev–Trinajstić information content (AvgIpc) is 2.82. The molecule has 3 nitrogen and oxygen atoms in total. The Bertz CT molecular complexity index is 558. The second-order valence-corrected chi connectivity index (χ2v) is 6.01. The molecular formula is C14H16N2OS. The van der Waals surface area contributed by atoms with Gasteiger partial charge < -0.3 is 0 Å². The van der Waals surface area contributed by atoms with Crippen LogP contribution in [0.25, 0.3) is 5.65 Å². The Morgan fingerprint density at radius 2 is 2.22 bits per heavy atom. The molecule has 0 aliphatic carbocycles. The van der Waals surface area contributed by atoms with Crippen LogP contribution in [0.3, 0.4) is 0 Å². The van der Waals surface area contributed by atoms with E-state index in [0.29, 0.717) is 5.69 Å². The minimum absolute atomic E-state index is 0.672. The quantitative estimate of drug-likeness (QED) is 0.796.